The van der Waals surface area contributed by atoms with Gasteiger partial charge in [0.15, 0.2) is 0 Å². The van der Waals surface area contributed by atoms with E-state index < -0.39 is 0 Å². The Kier molecular flexibility index (Phi) is 12.0. The number of para-hydroxylation sites is 1. The first kappa shape index (κ1) is 55.7. The van der Waals surface area contributed by atoms with Crippen molar-refractivity contribution in [2.24, 2.45) is 0 Å². The molecule has 11 aromatic carbocycles. The lowest BCUT2D eigenvalue weighted by molar-refractivity contribution is 0.332. The summed E-state index contributed by atoms with van der Waals surface area (Å²) in [6.45, 7) is 26.7. The Balaban J connectivity index is 1.03. The van der Waals surface area contributed by atoms with Gasteiger partial charge in [0.25, 0.3) is 0 Å². The van der Waals surface area contributed by atoms with Gasteiger partial charge >= 0.3 is 6.85 Å². The third kappa shape index (κ3) is 8.28. The molecule has 0 spiro atoms. The van der Waals surface area contributed by atoms with Crippen LogP contribution in [0, 0.1) is 6.92 Å². The van der Waals surface area contributed by atoms with E-state index in [4.69, 9.17) is 4.42 Å². The number of hydrogen-bond donors (Lipinski definition) is 0. The van der Waals surface area contributed by atoms with Crippen LogP contribution in [0.5, 0.6) is 0 Å². The van der Waals surface area contributed by atoms with Gasteiger partial charge in [0, 0.05) is 78.9 Å². The smallest absolute Gasteiger partial charge is 0.333 e. The average molecular weight is 1180 g/mol. The Morgan fingerprint density at radius 1 is 0.396 bits per heavy atom. The van der Waals surface area contributed by atoms with Crippen molar-refractivity contribution in [2.75, 3.05) is 14.6 Å². The van der Waals surface area contributed by atoms with Crippen molar-refractivity contribution in [2.45, 2.75) is 129 Å². The Morgan fingerprint density at radius 2 is 0.956 bits per heavy atom. The van der Waals surface area contributed by atoms with Gasteiger partial charge < -0.3 is 19.0 Å². The molecule has 0 radical (unpaired) electrons. The summed E-state index contributed by atoms with van der Waals surface area (Å²) in [5.41, 5.74) is 32.9. The lowest BCUT2D eigenvalue weighted by Gasteiger charge is -2.48. The molecule has 0 N–H and O–H groups in total. The minimum absolute atomic E-state index is 0.0293. The summed E-state index contributed by atoms with van der Waals surface area (Å²) >= 11 is 0. The largest absolute Gasteiger partial charge is 0.456 e. The molecule has 4 nitrogen and oxygen atoms in total. The molecular weight excluding hydrogens is 1100 g/mol. The second-order valence-electron chi connectivity index (χ2n) is 30.2. The van der Waals surface area contributed by atoms with E-state index in [1.807, 2.05) is 0 Å². The van der Waals surface area contributed by atoms with Crippen LogP contribution in [-0.2, 0) is 27.1 Å². The number of anilines is 8. The zero-order chi connectivity index (χ0) is 62.3. The van der Waals surface area contributed by atoms with E-state index >= 15 is 0 Å². The molecule has 1 aromatic heterocycles. The van der Waals surface area contributed by atoms with E-state index in [9.17, 15) is 0 Å². The van der Waals surface area contributed by atoms with Gasteiger partial charge in [-0.2, -0.15) is 0 Å². The molecule has 446 valence electrons. The normalized spacial score (nSPS) is 17.2. The number of aryl methyl sites for hydroxylation is 1. The van der Waals surface area contributed by atoms with Gasteiger partial charge in [0.1, 0.15) is 11.2 Å². The molecule has 2 aliphatic heterocycles. The van der Waals surface area contributed by atoms with Crippen molar-refractivity contribution in [1.29, 1.82) is 0 Å². The van der Waals surface area contributed by atoms with Crippen molar-refractivity contribution >= 4 is 85.2 Å². The first-order valence-corrected chi connectivity index (χ1v) is 33.2. The summed E-state index contributed by atoms with van der Waals surface area (Å²) in [6.07, 6.45) is 4.54. The molecule has 12 aromatic rings. The van der Waals surface area contributed by atoms with Crippen molar-refractivity contribution < 1.29 is 4.42 Å². The zero-order valence-corrected chi connectivity index (χ0v) is 54.5. The Hall–Kier alpha value is -9.32. The van der Waals surface area contributed by atoms with Crippen LogP contribution in [0.4, 0.5) is 45.5 Å². The number of rotatable bonds is 7. The Morgan fingerprint density at radius 3 is 1.63 bits per heavy atom. The maximum absolute atomic E-state index is 7.27. The van der Waals surface area contributed by atoms with E-state index in [0.717, 1.165) is 70.7 Å². The van der Waals surface area contributed by atoms with Gasteiger partial charge in [-0.3, -0.25) is 0 Å². The second-order valence-corrected chi connectivity index (χ2v) is 30.2. The summed E-state index contributed by atoms with van der Waals surface area (Å²) < 4.78 is 7.27. The maximum atomic E-state index is 7.27. The summed E-state index contributed by atoms with van der Waals surface area (Å²) in [6, 6.07) is 85.7. The van der Waals surface area contributed by atoms with Gasteiger partial charge in [-0.05, 0) is 204 Å². The standard InChI is InChI=1S/C86H78BN3O/c1-53-46-68-70(85(8,9)45-44-83(68,4)5)51-73(53)89-72-41-37-60(88(58-30-22-28-56(47-58)54-24-14-12-15-25-54)59-31-23-29-57(48-59)55-26-16-13-17-27-55)50-71(72)87-80-74(89)52-76-78(63-33-19-21-35-75(63)91-76)79(80)64-38-40-67-77(62-32-18-20-34-65(62)86(67,10)11)81(64)90(87)61-36-39-66-69(49-61)84(6,7)43-42-82(66,2)3/h12-41,46-52H,42-45H2,1-11H3. The van der Waals surface area contributed by atoms with E-state index in [-0.39, 0.29) is 33.9 Å². The van der Waals surface area contributed by atoms with Crippen LogP contribution in [0.2, 0.25) is 0 Å². The van der Waals surface area contributed by atoms with Crippen LogP contribution in [0.1, 0.15) is 134 Å². The Labute approximate surface area is 537 Å². The van der Waals surface area contributed by atoms with Crippen LogP contribution < -0.4 is 25.5 Å². The summed E-state index contributed by atoms with van der Waals surface area (Å²) in [7, 11) is 0. The zero-order valence-electron chi connectivity index (χ0n) is 54.5. The first-order chi connectivity index (χ1) is 43.8. The van der Waals surface area contributed by atoms with Crippen LogP contribution in [0.3, 0.4) is 0 Å². The molecule has 0 bridgehead atoms. The van der Waals surface area contributed by atoms with Crippen molar-refractivity contribution in [1.82, 2.24) is 0 Å². The fraction of sp³-hybridized carbons (Fsp3) is 0.233. The molecule has 0 amide bonds. The third-order valence-corrected chi connectivity index (χ3v) is 22.4. The maximum Gasteiger partial charge on any atom is 0.333 e. The Bertz CT molecular complexity index is 4940. The fourth-order valence-electron chi connectivity index (χ4n) is 17.2. The van der Waals surface area contributed by atoms with Crippen LogP contribution in [0.15, 0.2) is 229 Å². The minimum atomic E-state index is -0.316. The van der Waals surface area contributed by atoms with E-state index in [1.165, 1.54) is 117 Å². The lowest BCUT2D eigenvalue weighted by atomic mass is 9.43. The number of nitrogens with zero attached hydrogens (tertiary/aromatic N) is 3. The van der Waals surface area contributed by atoms with Crippen molar-refractivity contribution in [3.63, 3.8) is 0 Å². The minimum Gasteiger partial charge on any atom is -0.456 e. The highest BCUT2D eigenvalue weighted by Crippen LogP contribution is 2.61. The highest BCUT2D eigenvalue weighted by Gasteiger charge is 2.51. The molecule has 91 heavy (non-hydrogen) atoms. The second kappa shape index (κ2) is 19.6. The summed E-state index contributed by atoms with van der Waals surface area (Å²) in [4.78, 5) is 8.02. The summed E-state index contributed by atoms with van der Waals surface area (Å²) in [5, 5.41) is 2.30. The number of furan rings is 1. The SMILES string of the molecule is Cc1cc2c(cc1N1c3ccc(N(c4cccc(-c5ccccc5)c4)c4cccc(-c5ccccc5)c4)cc3B3c4c1cc1oc5ccccc5c1c4-c1ccc4c(c1N3c1ccc3c(c1)C(C)(C)CCC3(C)C)-c1ccccc1C4(C)C)C(C)(C)CCC2(C)C. The number of fused-ring (bicyclic) bond motifs is 14. The molecule has 3 heterocycles. The highest BCUT2D eigenvalue weighted by molar-refractivity contribution is 6.94. The van der Waals surface area contributed by atoms with Gasteiger partial charge in [-0.1, -0.05) is 221 Å². The monoisotopic (exact) mass is 1180 g/mol. The predicted molar refractivity (Wildman–Crippen MR) is 386 cm³/mol. The topological polar surface area (TPSA) is 22.9 Å². The van der Waals surface area contributed by atoms with Crippen LogP contribution in [0.25, 0.3) is 66.4 Å². The molecule has 0 unspecified atom stereocenters. The van der Waals surface area contributed by atoms with Gasteiger partial charge in [0.2, 0.25) is 0 Å². The van der Waals surface area contributed by atoms with Crippen LogP contribution >= 0.6 is 0 Å². The van der Waals surface area contributed by atoms with Gasteiger partial charge in [0.05, 0.1) is 0 Å². The molecule has 5 aliphatic rings. The third-order valence-electron chi connectivity index (χ3n) is 22.4. The highest BCUT2D eigenvalue weighted by atomic mass is 16.3. The van der Waals surface area contributed by atoms with Crippen molar-refractivity contribution in [3.8, 4) is 44.5 Å². The molecular formula is C86H78BN3O. The average Bonchev–Trinajstić information content (AvgIpc) is 1.67. The van der Waals surface area contributed by atoms with Crippen LogP contribution in [-0.4, -0.2) is 6.85 Å². The molecule has 3 aliphatic carbocycles. The van der Waals surface area contributed by atoms with E-state index in [0.29, 0.717) is 0 Å². The van der Waals surface area contributed by atoms with Gasteiger partial charge in [-0.15, -0.1) is 0 Å². The fourth-order valence-corrected chi connectivity index (χ4v) is 17.2. The molecule has 0 saturated heterocycles. The molecule has 17 rings (SSSR count). The van der Waals surface area contributed by atoms with E-state index in [2.05, 4.69) is 315 Å². The molecule has 0 fully saturated rings. The van der Waals surface area contributed by atoms with Gasteiger partial charge in [-0.25, -0.2) is 0 Å². The quantitative estimate of drug-likeness (QED) is 0.148. The first-order valence-electron chi connectivity index (χ1n) is 33.2. The predicted octanol–water partition coefficient (Wildman–Crippen LogP) is 22.4. The molecule has 5 heteroatoms. The lowest BCUT2D eigenvalue weighted by Crippen LogP contribution is -2.62. The van der Waals surface area contributed by atoms with E-state index in [1.54, 1.807) is 0 Å². The molecule has 0 saturated carbocycles. The van der Waals surface area contributed by atoms with Crippen molar-refractivity contribution in [3.05, 3.63) is 263 Å². The molecule has 0 atom stereocenters. The number of hydrogen-bond acceptors (Lipinski definition) is 4. The number of benzene rings is 11. The summed E-state index contributed by atoms with van der Waals surface area (Å²) in [5.74, 6) is 0.